The van der Waals surface area contributed by atoms with Gasteiger partial charge in [0.05, 0.1) is 6.54 Å². The fourth-order valence-electron chi connectivity index (χ4n) is 2.45. The number of anilines is 1. The lowest BCUT2D eigenvalue weighted by molar-refractivity contribution is -0.111. The molecule has 3 rings (SSSR count). The Kier molecular flexibility index (Phi) is 5.49. The Labute approximate surface area is 155 Å². The van der Waals surface area contributed by atoms with Gasteiger partial charge >= 0.3 is 0 Å². The lowest BCUT2D eigenvalue weighted by Crippen LogP contribution is -2.09. The average molecular weight is 370 g/mol. The van der Waals surface area contributed by atoms with Crippen molar-refractivity contribution in [2.45, 2.75) is 13.5 Å². The van der Waals surface area contributed by atoms with Gasteiger partial charge in [0, 0.05) is 22.9 Å². The topological polar surface area (TPSA) is 46.9 Å². The minimum absolute atomic E-state index is 0.304. The van der Waals surface area contributed by atoms with Crippen LogP contribution in [0.4, 0.5) is 10.2 Å². The maximum Gasteiger partial charge on any atom is 0.249 e. The third-order valence-corrected chi connectivity index (χ3v) is 3.99. The highest BCUT2D eigenvalue weighted by atomic mass is 35.5. The molecule has 0 fully saturated rings. The zero-order valence-corrected chi connectivity index (χ0v) is 14.9. The van der Waals surface area contributed by atoms with Crippen molar-refractivity contribution in [1.29, 1.82) is 0 Å². The van der Waals surface area contributed by atoms with Crippen LogP contribution in [0.5, 0.6) is 0 Å². The molecule has 26 heavy (non-hydrogen) atoms. The number of aryl methyl sites for hydroxylation is 1. The maximum atomic E-state index is 12.9. The summed E-state index contributed by atoms with van der Waals surface area (Å²) < 4.78 is 14.7. The number of carbonyl (C=O) groups is 1. The van der Waals surface area contributed by atoms with Crippen LogP contribution >= 0.6 is 11.6 Å². The van der Waals surface area contributed by atoms with Crippen molar-refractivity contribution in [3.05, 3.63) is 88.3 Å². The van der Waals surface area contributed by atoms with Gasteiger partial charge in [-0.15, -0.1) is 0 Å². The molecule has 0 radical (unpaired) electrons. The van der Waals surface area contributed by atoms with Crippen LogP contribution in [-0.2, 0) is 11.3 Å². The van der Waals surface area contributed by atoms with Gasteiger partial charge in [0.25, 0.3) is 0 Å². The van der Waals surface area contributed by atoms with Crippen molar-refractivity contribution in [2.75, 3.05) is 5.32 Å². The largest absolute Gasteiger partial charge is 0.306 e. The molecule has 132 valence electrons. The zero-order valence-electron chi connectivity index (χ0n) is 14.1. The van der Waals surface area contributed by atoms with Crippen LogP contribution < -0.4 is 5.32 Å². The van der Waals surface area contributed by atoms with Crippen molar-refractivity contribution < 1.29 is 9.18 Å². The molecule has 1 N–H and O–H groups in total. The Morgan fingerprint density at radius 2 is 2.00 bits per heavy atom. The number of carbonyl (C=O) groups excluding carboxylic acids is 1. The van der Waals surface area contributed by atoms with Gasteiger partial charge in [-0.2, -0.15) is 5.10 Å². The molecular formula is C20H17ClFN3O. The van der Waals surface area contributed by atoms with E-state index in [4.69, 9.17) is 11.6 Å². The number of hydrogen-bond donors (Lipinski definition) is 1. The van der Waals surface area contributed by atoms with Crippen molar-refractivity contribution in [1.82, 2.24) is 9.78 Å². The molecule has 3 aromatic rings. The second-order valence-electron chi connectivity index (χ2n) is 5.83. The molecule has 0 saturated carbocycles. The van der Waals surface area contributed by atoms with Crippen LogP contribution in [-0.4, -0.2) is 15.7 Å². The molecule has 0 aliphatic heterocycles. The smallest absolute Gasteiger partial charge is 0.249 e. The van der Waals surface area contributed by atoms with Crippen LogP contribution in [0.15, 0.2) is 60.7 Å². The van der Waals surface area contributed by atoms with E-state index >= 15 is 0 Å². The fourth-order valence-corrected chi connectivity index (χ4v) is 2.67. The lowest BCUT2D eigenvalue weighted by atomic mass is 10.2. The maximum absolute atomic E-state index is 12.9. The van der Waals surface area contributed by atoms with Crippen LogP contribution in [0.2, 0.25) is 5.02 Å². The van der Waals surface area contributed by atoms with Crippen molar-refractivity contribution in [2.24, 2.45) is 0 Å². The lowest BCUT2D eigenvalue weighted by Gasteiger charge is -2.04. The fraction of sp³-hybridized carbons (Fsp3) is 0.100. The van der Waals surface area contributed by atoms with Crippen molar-refractivity contribution >= 4 is 29.4 Å². The summed E-state index contributed by atoms with van der Waals surface area (Å²) in [5.74, 6) is -0.146. The van der Waals surface area contributed by atoms with E-state index in [1.165, 1.54) is 18.2 Å². The molecule has 0 bridgehead atoms. The predicted octanol–water partition coefficient (Wildman–Crippen LogP) is 4.68. The van der Waals surface area contributed by atoms with E-state index in [-0.39, 0.29) is 11.7 Å². The number of nitrogens with zero attached hydrogens (tertiary/aromatic N) is 2. The summed E-state index contributed by atoms with van der Waals surface area (Å²) in [7, 11) is 0. The zero-order chi connectivity index (χ0) is 18.5. The Balaban J connectivity index is 1.65. The first-order valence-electron chi connectivity index (χ1n) is 8.03. The van der Waals surface area contributed by atoms with Crippen molar-refractivity contribution in [3.8, 4) is 0 Å². The van der Waals surface area contributed by atoms with Crippen LogP contribution in [0.3, 0.4) is 0 Å². The molecule has 0 aliphatic carbocycles. The highest BCUT2D eigenvalue weighted by molar-refractivity contribution is 6.30. The Hall–Kier alpha value is -2.92. The summed E-state index contributed by atoms with van der Waals surface area (Å²) in [5, 5.41) is 7.80. The van der Waals surface area contributed by atoms with Crippen LogP contribution in [0.1, 0.15) is 16.8 Å². The van der Waals surface area contributed by atoms with E-state index in [1.54, 1.807) is 29.0 Å². The number of aromatic nitrogens is 2. The van der Waals surface area contributed by atoms with E-state index < -0.39 is 0 Å². The van der Waals surface area contributed by atoms with E-state index in [0.29, 0.717) is 17.4 Å². The molecule has 0 spiro atoms. The van der Waals surface area contributed by atoms with Gasteiger partial charge in [-0.1, -0.05) is 35.9 Å². The number of rotatable bonds is 5. The third kappa shape index (κ3) is 4.80. The number of amides is 1. The second-order valence-corrected chi connectivity index (χ2v) is 6.27. The van der Waals surface area contributed by atoms with Gasteiger partial charge < -0.3 is 5.32 Å². The number of halogens is 2. The number of benzene rings is 2. The van der Waals surface area contributed by atoms with Gasteiger partial charge in [-0.3, -0.25) is 9.48 Å². The van der Waals surface area contributed by atoms with Crippen molar-refractivity contribution in [3.63, 3.8) is 0 Å². The molecule has 1 aromatic heterocycles. The van der Waals surface area contributed by atoms with Gasteiger partial charge in [-0.05, 0) is 48.4 Å². The molecule has 4 nitrogen and oxygen atoms in total. The first kappa shape index (κ1) is 17.9. The van der Waals surface area contributed by atoms with E-state index in [9.17, 15) is 9.18 Å². The number of nitrogens with one attached hydrogen (secondary N) is 1. The summed E-state index contributed by atoms with van der Waals surface area (Å²) in [4.78, 5) is 12.0. The molecule has 1 amide bonds. The van der Waals surface area contributed by atoms with E-state index in [0.717, 1.165) is 16.8 Å². The standard InChI is InChI=1S/C20H17ClFN3O/c1-14-11-19(24-25(14)13-16-3-2-4-17(21)12-16)23-20(26)10-7-15-5-8-18(22)9-6-15/h2-12H,13H2,1H3,(H,23,24,26)/b10-7+. The normalized spacial score (nSPS) is 11.0. The predicted molar refractivity (Wildman–Crippen MR) is 102 cm³/mol. The Morgan fingerprint density at radius 3 is 2.73 bits per heavy atom. The summed E-state index contributed by atoms with van der Waals surface area (Å²) >= 11 is 6.00. The molecule has 0 unspecified atom stereocenters. The highest BCUT2D eigenvalue weighted by Crippen LogP contribution is 2.15. The van der Waals surface area contributed by atoms with Gasteiger partial charge in [0.1, 0.15) is 5.82 Å². The first-order valence-corrected chi connectivity index (χ1v) is 8.41. The highest BCUT2D eigenvalue weighted by Gasteiger charge is 2.07. The summed E-state index contributed by atoms with van der Waals surface area (Å²) in [6.07, 6.45) is 3.00. The molecular weight excluding hydrogens is 353 g/mol. The SMILES string of the molecule is Cc1cc(NC(=O)/C=C/c2ccc(F)cc2)nn1Cc1cccc(Cl)c1. The molecule has 1 heterocycles. The molecule has 0 aliphatic rings. The van der Waals surface area contributed by atoms with E-state index in [1.807, 2.05) is 31.2 Å². The minimum atomic E-state index is -0.313. The van der Waals surface area contributed by atoms with Crippen LogP contribution in [0, 0.1) is 12.7 Å². The quantitative estimate of drug-likeness (QED) is 0.663. The van der Waals surface area contributed by atoms with Crippen LogP contribution in [0.25, 0.3) is 6.08 Å². The molecule has 0 atom stereocenters. The van der Waals surface area contributed by atoms with E-state index in [2.05, 4.69) is 10.4 Å². The monoisotopic (exact) mass is 369 g/mol. The first-order chi connectivity index (χ1) is 12.5. The minimum Gasteiger partial charge on any atom is -0.306 e. The summed E-state index contributed by atoms with van der Waals surface area (Å²) in [5.41, 5.74) is 2.68. The Morgan fingerprint density at radius 1 is 1.23 bits per heavy atom. The van der Waals surface area contributed by atoms with Gasteiger partial charge in [0.2, 0.25) is 5.91 Å². The molecule has 0 saturated heterocycles. The van der Waals surface area contributed by atoms with Gasteiger partial charge in [0.15, 0.2) is 5.82 Å². The Bertz CT molecular complexity index is 948. The number of hydrogen-bond acceptors (Lipinski definition) is 2. The summed E-state index contributed by atoms with van der Waals surface area (Å²) in [6.45, 7) is 2.48. The molecule has 2 aromatic carbocycles. The van der Waals surface area contributed by atoms with Gasteiger partial charge in [-0.25, -0.2) is 4.39 Å². The second kappa shape index (κ2) is 7.97. The third-order valence-electron chi connectivity index (χ3n) is 3.75. The molecule has 6 heteroatoms. The summed E-state index contributed by atoms with van der Waals surface area (Å²) in [6, 6.07) is 15.2. The average Bonchev–Trinajstić information content (AvgIpc) is 2.93.